The average Bonchev–Trinajstić information content (AvgIpc) is 2.62. The summed E-state index contributed by atoms with van der Waals surface area (Å²) in [5.74, 6) is -2.70. The molecule has 2 unspecified atom stereocenters. The van der Waals surface area contributed by atoms with Crippen LogP contribution in [0.3, 0.4) is 0 Å². The Labute approximate surface area is 142 Å². The van der Waals surface area contributed by atoms with E-state index in [1.54, 1.807) is 18.2 Å². The molecule has 1 amide bonds. The van der Waals surface area contributed by atoms with Crippen molar-refractivity contribution in [3.05, 3.63) is 47.7 Å². The van der Waals surface area contributed by atoms with E-state index in [2.05, 4.69) is 5.32 Å². The van der Waals surface area contributed by atoms with Crippen molar-refractivity contribution in [2.45, 2.75) is 30.5 Å². The van der Waals surface area contributed by atoms with Crippen molar-refractivity contribution in [1.82, 2.24) is 5.32 Å². The second-order valence-corrected chi connectivity index (χ2v) is 5.51. The number of hydrogen-bond donors (Lipinski definition) is 6. The maximum Gasteiger partial charge on any atom is 0.370 e. The number of aliphatic hydroxyl groups excluding tert-OH is 4. The molecule has 1 aromatic carbocycles. The van der Waals surface area contributed by atoms with E-state index in [4.69, 9.17) is 14.9 Å². The molecular weight excluding hydrogens is 334 g/mol. The first-order valence-electron chi connectivity index (χ1n) is 7.48. The topological polar surface area (TPSA) is 157 Å². The second kappa shape index (κ2) is 8.08. The fourth-order valence-corrected chi connectivity index (χ4v) is 2.43. The van der Waals surface area contributed by atoms with Gasteiger partial charge in [0.15, 0.2) is 6.10 Å². The highest BCUT2D eigenvalue weighted by atomic mass is 16.5. The molecule has 1 aliphatic rings. The molecule has 1 heterocycles. The van der Waals surface area contributed by atoms with Crippen LogP contribution in [0.5, 0.6) is 0 Å². The minimum Gasteiger partial charge on any atom is -0.478 e. The molecule has 0 aliphatic carbocycles. The predicted molar refractivity (Wildman–Crippen MR) is 83.4 cm³/mol. The summed E-state index contributed by atoms with van der Waals surface area (Å²) in [6.45, 7) is -0.817. The molecule has 0 radical (unpaired) electrons. The van der Waals surface area contributed by atoms with Crippen LogP contribution < -0.4 is 5.32 Å². The van der Waals surface area contributed by atoms with Crippen LogP contribution in [-0.2, 0) is 9.53 Å². The van der Waals surface area contributed by atoms with Gasteiger partial charge in [-0.15, -0.1) is 0 Å². The number of benzene rings is 1. The standard InChI is InChI=1S/C16H19NO8/c18-7-10(20)13(21)14-12(9(19)6-11(25-14)16(23)24)17-15(22)8-4-2-1-3-5-8/h1-6,9-10,12-14,18-21H,7H2,(H,17,22)(H,23,24)/t9-,10?,12+,13?,14+/m0/s1. The number of carbonyl (C=O) groups is 2. The molecule has 1 aromatic rings. The van der Waals surface area contributed by atoms with Gasteiger partial charge in [-0.2, -0.15) is 0 Å². The van der Waals surface area contributed by atoms with Gasteiger partial charge in [0.05, 0.1) is 12.6 Å². The molecule has 0 saturated carbocycles. The third-order valence-electron chi connectivity index (χ3n) is 3.77. The summed E-state index contributed by atoms with van der Waals surface area (Å²) in [6, 6.07) is 6.78. The molecule has 0 bridgehead atoms. The van der Waals surface area contributed by atoms with E-state index < -0.39 is 54.7 Å². The Bertz CT molecular complexity index is 647. The summed E-state index contributed by atoms with van der Waals surface area (Å²) < 4.78 is 5.12. The summed E-state index contributed by atoms with van der Waals surface area (Å²) >= 11 is 0. The predicted octanol–water partition coefficient (Wildman–Crippen LogP) is -1.77. The van der Waals surface area contributed by atoms with Crippen LogP contribution in [0.25, 0.3) is 0 Å². The Balaban J connectivity index is 2.27. The summed E-state index contributed by atoms with van der Waals surface area (Å²) in [5.41, 5.74) is 0.277. The quantitative estimate of drug-likeness (QED) is 0.351. The number of rotatable bonds is 6. The van der Waals surface area contributed by atoms with Gasteiger partial charge in [-0.05, 0) is 18.2 Å². The van der Waals surface area contributed by atoms with E-state index in [0.29, 0.717) is 0 Å². The maximum atomic E-state index is 12.3. The Morgan fingerprint density at radius 2 is 1.84 bits per heavy atom. The van der Waals surface area contributed by atoms with Crippen molar-refractivity contribution in [3.8, 4) is 0 Å². The van der Waals surface area contributed by atoms with Crippen LogP contribution in [0, 0.1) is 0 Å². The number of amides is 1. The number of carbonyl (C=O) groups excluding carboxylic acids is 1. The fourth-order valence-electron chi connectivity index (χ4n) is 2.43. The molecule has 5 atom stereocenters. The molecule has 0 saturated heterocycles. The molecule has 2 rings (SSSR count). The van der Waals surface area contributed by atoms with Crippen molar-refractivity contribution in [2.75, 3.05) is 6.61 Å². The summed E-state index contributed by atoms with van der Waals surface area (Å²) in [4.78, 5) is 23.3. The summed E-state index contributed by atoms with van der Waals surface area (Å²) in [7, 11) is 0. The molecule has 0 fully saturated rings. The molecule has 9 heteroatoms. The molecule has 6 N–H and O–H groups in total. The van der Waals surface area contributed by atoms with Gasteiger partial charge < -0.3 is 35.6 Å². The van der Waals surface area contributed by atoms with Gasteiger partial charge >= 0.3 is 5.97 Å². The van der Waals surface area contributed by atoms with E-state index in [0.717, 1.165) is 6.08 Å². The highest BCUT2D eigenvalue weighted by Gasteiger charge is 2.43. The van der Waals surface area contributed by atoms with Crippen LogP contribution >= 0.6 is 0 Å². The third-order valence-corrected chi connectivity index (χ3v) is 3.77. The molecule has 0 spiro atoms. The van der Waals surface area contributed by atoms with Crippen molar-refractivity contribution in [3.63, 3.8) is 0 Å². The van der Waals surface area contributed by atoms with E-state index in [1.807, 2.05) is 0 Å². The number of ether oxygens (including phenoxy) is 1. The normalized spacial score (nSPS) is 25.3. The number of aliphatic hydroxyl groups is 4. The van der Waals surface area contributed by atoms with Crippen LogP contribution in [-0.4, -0.2) is 74.5 Å². The zero-order valence-corrected chi connectivity index (χ0v) is 13.0. The van der Waals surface area contributed by atoms with E-state index >= 15 is 0 Å². The van der Waals surface area contributed by atoms with E-state index in [9.17, 15) is 24.9 Å². The number of carboxylic acids is 1. The largest absolute Gasteiger partial charge is 0.478 e. The number of aliphatic carboxylic acids is 1. The average molecular weight is 353 g/mol. The Hall–Kier alpha value is -2.46. The van der Waals surface area contributed by atoms with E-state index in [1.165, 1.54) is 12.1 Å². The highest BCUT2D eigenvalue weighted by molar-refractivity contribution is 5.94. The zero-order valence-electron chi connectivity index (χ0n) is 13.0. The monoisotopic (exact) mass is 353 g/mol. The van der Waals surface area contributed by atoms with Gasteiger partial charge in [0, 0.05) is 5.56 Å². The van der Waals surface area contributed by atoms with Crippen LogP contribution in [0.15, 0.2) is 42.2 Å². The Morgan fingerprint density at radius 1 is 1.20 bits per heavy atom. The lowest BCUT2D eigenvalue weighted by molar-refractivity contribution is -0.147. The lowest BCUT2D eigenvalue weighted by atomic mass is 9.93. The second-order valence-electron chi connectivity index (χ2n) is 5.51. The van der Waals surface area contributed by atoms with Crippen LogP contribution in [0.1, 0.15) is 10.4 Å². The molecule has 136 valence electrons. The molecule has 1 aliphatic heterocycles. The summed E-state index contributed by atoms with van der Waals surface area (Å²) in [5, 5.41) is 50.3. The minimum absolute atomic E-state index is 0.277. The van der Waals surface area contributed by atoms with Gasteiger partial charge in [-0.1, -0.05) is 18.2 Å². The fraction of sp³-hybridized carbons (Fsp3) is 0.375. The van der Waals surface area contributed by atoms with Crippen molar-refractivity contribution < 1.29 is 39.9 Å². The summed E-state index contributed by atoms with van der Waals surface area (Å²) in [6.07, 6.45) is -5.49. The number of hydrogen-bond acceptors (Lipinski definition) is 7. The number of nitrogens with one attached hydrogen (secondary N) is 1. The van der Waals surface area contributed by atoms with Crippen molar-refractivity contribution in [1.29, 1.82) is 0 Å². The first-order chi connectivity index (χ1) is 11.8. The first kappa shape index (κ1) is 18.9. The van der Waals surface area contributed by atoms with Gasteiger partial charge in [-0.3, -0.25) is 4.79 Å². The van der Waals surface area contributed by atoms with Gasteiger partial charge in [0.2, 0.25) is 5.76 Å². The first-order valence-corrected chi connectivity index (χ1v) is 7.48. The lowest BCUT2D eigenvalue weighted by Crippen LogP contribution is -2.60. The third kappa shape index (κ3) is 4.34. The van der Waals surface area contributed by atoms with Gasteiger partial charge in [-0.25, -0.2) is 4.79 Å². The van der Waals surface area contributed by atoms with Gasteiger partial charge in [0.1, 0.15) is 18.3 Å². The maximum absolute atomic E-state index is 12.3. The van der Waals surface area contributed by atoms with Crippen LogP contribution in [0.4, 0.5) is 0 Å². The number of carboxylic acid groups (broad SMARTS) is 1. The zero-order chi connectivity index (χ0) is 18.6. The molecule has 9 nitrogen and oxygen atoms in total. The molecular formula is C16H19NO8. The van der Waals surface area contributed by atoms with Gasteiger partial charge in [0.25, 0.3) is 5.91 Å². The SMILES string of the molecule is O=C(O)C1=C[C@H](O)[C@@H](NC(=O)c2ccccc2)[C@H](C(O)C(O)CO)O1. The molecule has 25 heavy (non-hydrogen) atoms. The van der Waals surface area contributed by atoms with Crippen molar-refractivity contribution in [2.24, 2.45) is 0 Å². The van der Waals surface area contributed by atoms with Crippen LogP contribution in [0.2, 0.25) is 0 Å². The minimum atomic E-state index is -1.75. The lowest BCUT2D eigenvalue weighted by Gasteiger charge is -2.38. The highest BCUT2D eigenvalue weighted by Crippen LogP contribution is 2.23. The Morgan fingerprint density at radius 3 is 2.40 bits per heavy atom. The van der Waals surface area contributed by atoms with E-state index in [-0.39, 0.29) is 5.56 Å². The Kier molecular flexibility index (Phi) is 6.10. The smallest absolute Gasteiger partial charge is 0.370 e. The molecule has 0 aromatic heterocycles. The van der Waals surface area contributed by atoms with Crippen molar-refractivity contribution >= 4 is 11.9 Å².